The Balaban J connectivity index is 2.08. The van der Waals surface area contributed by atoms with Crippen LogP contribution in [0.4, 0.5) is 5.69 Å². The van der Waals surface area contributed by atoms with Crippen LogP contribution in [0.25, 0.3) is 5.57 Å². The van der Waals surface area contributed by atoms with E-state index in [1.54, 1.807) is 49.6 Å². The molecule has 0 unspecified atom stereocenters. The van der Waals surface area contributed by atoms with Crippen LogP contribution in [0.5, 0.6) is 17.2 Å². The van der Waals surface area contributed by atoms with Crippen LogP contribution in [0.2, 0.25) is 0 Å². The number of rotatable bonds is 7. The minimum atomic E-state index is -0.365. The van der Waals surface area contributed by atoms with E-state index in [4.69, 9.17) is 14.2 Å². The van der Waals surface area contributed by atoms with E-state index in [0.717, 1.165) is 0 Å². The Morgan fingerprint density at radius 1 is 0.828 bits per heavy atom. The monoisotopic (exact) mass is 413 g/mol. The zero-order valence-corrected chi connectivity index (χ0v) is 17.8. The van der Waals surface area contributed by atoms with Gasteiger partial charge in [-0.25, -0.2) is 4.90 Å². The summed E-state index contributed by atoms with van der Waals surface area (Å²) in [5, 5.41) is 0.139. The van der Waals surface area contributed by atoms with E-state index in [1.807, 2.05) is 13.8 Å². The van der Waals surface area contributed by atoms with Crippen molar-refractivity contribution in [2.24, 2.45) is 0 Å². The molecule has 0 aliphatic carbocycles. The van der Waals surface area contributed by atoms with Gasteiger partial charge >= 0.3 is 0 Å². The van der Waals surface area contributed by atoms with Crippen LogP contribution < -0.4 is 19.1 Å². The van der Waals surface area contributed by atoms with Gasteiger partial charge in [-0.1, -0.05) is 26.0 Å². The van der Waals surface area contributed by atoms with E-state index in [0.29, 0.717) is 39.0 Å². The first-order valence-electron chi connectivity index (χ1n) is 9.07. The lowest BCUT2D eigenvalue weighted by atomic mass is 10.1. The lowest BCUT2D eigenvalue weighted by Gasteiger charge is -2.17. The predicted octanol–water partition coefficient (Wildman–Crippen LogP) is 4.14. The third-order valence-electron chi connectivity index (χ3n) is 4.40. The van der Waals surface area contributed by atoms with Gasteiger partial charge in [0.15, 0.2) is 11.5 Å². The number of thioether (sulfide) groups is 1. The van der Waals surface area contributed by atoms with E-state index in [1.165, 1.54) is 30.9 Å². The number of imide groups is 1. The summed E-state index contributed by atoms with van der Waals surface area (Å²) >= 11 is 1.38. The summed E-state index contributed by atoms with van der Waals surface area (Å²) in [6.45, 7) is 3.97. The molecular formula is C22H23NO5S. The molecule has 2 aromatic rings. The molecule has 0 saturated heterocycles. The number of nitrogens with zero attached hydrogens (tertiary/aromatic N) is 1. The van der Waals surface area contributed by atoms with Crippen LogP contribution >= 0.6 is 11.8 Å². The van der Waals surface area contributed by atoms with Gasteiger partial charge in [0.25, 0.3) is 11.8 Å². The smallest absolute Gasteiger partial charge is 0.272 e. The van der Waals surface area contributed by atoms with Crippen LogP contribution in [0.1, 0.15) is 19.4 Å². The Morgan fingerprint density at radius 2 is 1.48 bits per heavy atom. The summed E-state index contributed by atoms with van der Waals surface area (Å²) in [6, 6.07) is 12.1. The highest BCUT2D eigenvalue weighted by Crippen LogP contribution is 2.41. The third kappa shape index (κ3) is 3.96. The van der Waals surface area contributed by atoms with Crippen LogP contribution in [0.15, 0.2) is 47.4 Å². The summed E-state index contributed by atoms with van der Waals surface area (Å²) in [5.74, 6) is 0.945. The molecule has 6 nitrogen and oxygen atoms in total. The van der Waals surface area contributed by atoms with Gasteiger partial charge in [-0.2, -0.15) is 0 Å². The molecule has 0 radical (unpaired) electrons. The molecule has 2 amide bonds. The summed E-state index contributed by atoms with van der Waals surface area (Å²) in [5.41, 5.74) is 1.50. The molecule has 1 heterocycles. The third-order valence-corrected chi connectivity index (χ3v) is 5.48. The number of methoxy groups -OCH3 is 3. The molecule has 0 saturated carbocycles. The second-order valence-corrected chi connectivity index (χ2v) is 8.17. The number of hydrogen-bond donors (Lipinski definition) is 0. The maximum atomic E-state index is 13.3. The zero-order valence-electron chi connectivity index (χ0n) is 17.0. The maximum Gasteiger partial charge on any atom is 0.272 e. The van der Waals surface area contributed by atoms with Crippen molar-refractivity contribution in [3.8, 4) is 17.2 Å². The first-order valence-corrected chi connectivity index (χ1v) is 9.95. The van der Waals surface area contributed by atoms with Gasteiger partial charge < -0.3 is 14.2 Å². The molecule has 0 atom stereocenters. The van der Waals surface area contributed by atoms with Gasteiger partial charge in [0.05, 0.1) is 37.5 Å². The van der Waals surface area contributed by atoms with E-state index in [9.17, 15) is 9.59 Å². The van der Waals surface area contributed by atoms with Crippen LogP contribution in [-0.2, 0) is 9.59 Å². The van der Waals surface area contributed by atoms with Crippen molar-refractivity contribution in [3.05, 3.63) is 52.9 Å². The highest BCUT2D eigenvalue weighted by Gasteiger charge is 2.40. The number of carbonyl (C=O) groups is 2. The highest BCUT2D eigenvalue weighted by molar-refractivity contribution is 8.04. The molecule has 2 aromatic carbocycles. The van der Waals surface area contributed by atoms with E-state index >= 15 is 0 Å². The normalized spacial score (nSPS) is 14.1. The summed E-state index contributed by atoms with van der Waals surface area (Å²) in [4.78, 5) is 28.2. The average molecular weight is 413 g/mol. The molecule has 0 N–H and O–H groups in total. The Kier molecular flexibility index (Phi) is 6.17. The van der Waals surface area contributed by atoms with Gasteiger partial charge in [-0.3, -0.25) is 9.59 Å². The SMILES string of the molecule is COc1ccc(C2=C(SC(C)C)C(=O)N(c3ccc(OC)c(OC)c3)C2=O)cc1. The molecular weight excluding hydrogens is 390 g/mol. The van der Waals surface area contributed by atoms with Gasteiger partial charge in [0, 0.05) is 11.3 Å². The van der Waals surface area contributed by atoms with Crippen molar-refractivity contribution in [1.82, 2.24) is 0 Å². The lowest BCUT2D eigenvalue weighted by molar-refractivity contribution is -0.119. The molecule has 0 bridgehead atoms. The standard InChI is InChI=1S/C22H23NO5S/c1-13(2)29-20-19(14-6-9-16(26-3)10-7-14)21(24)23(22(20)25)15-8-11-17(27-4)18(12-15)28-5/h6-13H,1-5H3. The number of benzene rings is 2. The molecule has 152 valence electrons. The van der Waals surface area contributed by atoms with Gasteiger partial charge in [0.2, 0.25) is 0 Å². The topological polar surface area (TPSA) is 65.1 Å². The minimum Gasteiger partial charge on any atom is -0.497 e. The van der Waals surface area contributed by atoms with E-state index in [2.05, 4.69) is 0 Å². The predicted molar refractivity (Wildman–Crippen MR) is 115 cm³/mol. The number of hydrogen-bond acceptors (Lipinski definition) is 6. The lowest BCUT2D eigenvalue weighted by Crippen LogP contribution is -2.31. The fraction of sp³-hybridized carbons (Fsp3) is 0.273. The van der Waals surface area contributed by atoms with Crippen molar-refractivity contribution in [2.45, 2.75) is 19.1 Å². The first kappa shape index (κ1) is 20.8. The number of anilines is 1. The molecule has 1 aliphatic rings. The largest absolute Gasteiger partial charge is 0.497 e. The number of carbonyl (C=O) groups excluding carboxylic acids is 2. The highest BCUT2D eigenvalue weighted by atomic mass is 32.2. The van der Waals surface area contributed by atoms with Crippen molar-refractivity contribution >= 4 is 34.8 Å². The Bertz CT molecular complexity index is 966. The molecule has 3 rings (SSSR count). The number of ether oxygens (including phenoxy) is 3. The fourth-order valence-corrected chi connectivity index (χ4v) is 4.05. The van der Waals surface area contributed by atoms with Crippen LogP contribution in [-0.4, -0.2) is 38.4 Å². The summed E-state index contributed by atoms with van der Waals surface area (Å²) in [7, 11) is 4.62. The summed E-state index contributed by atoms with van der Waals surface area (Å²) in [6.07, 6.45) is 0. The Hall–Kier alpha value is -2.93. The second kappa shape index (κ2) is 8.61. The van der Waals surface area contributed by atoms with Crippen molar-refractivity contribution in [2.75, 3.05) is 26.2 Å². The maximum absolute atomic E-state index is 13.3. The van der Waals surface area contributed by atoms with Crippen molar-refractivity contribution in [1.29, 1.82) is 0 Å². The van der Waals surface area contributed by atoms with Gasteiger partial charge in [0.1, 0.15) is 5.75 Å². The van der Waals surface area contributed by atoms with Crippen LogP contribution in [0, 0.1) is 0 Å². The first-order chi connectivity index (χ1) is 13.9. The van der Waals surface area contributed by atoms with Crippen molar-refractivity contribution in [3.63, 3.8) is 0 Å². The Labute approximate surface area is 174 Å². The Morgan fingerprint density at radius 3 is 2.03 bits per heavy atom. The van der Waals surface area contributed by atoms with Crippen LogP contribution in [0.3, 0.4) is 0 Å². The van der Waals surface area contributed by atoms with E-state index in [-0.39, 0.29) is 17.1 Å². The molecule has 1 aliphatic heterocycles. The van der Waals surface area contributed by atoms with Crippen molar-refractivity contribution < 1.29 is 23.8 Å². The molecule has 0 fully saturated rings. The molecule has 0 aromatic heterocycles. The number of amides is 2. The zero-order chi connectivity index (χ0) is 21.1. The minimum absolute atomic E-state index is 0.139. The molecule has 0 spiro atoms. The van der Waals surface area contributed by atoms with E-state index < -0.39 is 0 Å². The molecule has 29 heavy (non-hydrogen) atoms. The second-order valence-electron chi connectivity index (χ2n) is 6.58. The summed E-state index contributed by atoms with van der Waals surface area (Å²) < 4.78 is 15.8. The quantitative estimate of drug-likeness (QED) is 0.636. The van der Waals surface area contributed by atoms with Gasteiger partial charge in [-0.05, 0) is 29.8 Å². The van der Waals surface area contributed by atoms with Gasteiger partial charge in [-0.15, -0.1) is 11.8 Å². The molecule has 7 heteroatoms. The fourth-order valence-electron chi connectivity index (χ4n) is 3.07. The average Bonchev–Trinajstić information content (AvgIpc) is 2.96.